The van der Waals surface area contributed by atoms with Gasteiger partial charge in [0.2, 0.25) is 0 Å². The molecule has 0 heterocycles. The highest BCUT2D eigenvalue weighted by Crippen LogP contribution is 2.34. The number of aromatic hydroxyl groups is 8. The minimum Gasteiger partial charge on any atom is -0.508 e. The Bertz CT molecular complexity index is 1930. The molecule has 0 bridgehead atoms. The maximum atomic E-state index is 9.49. The molecule has 8 aromatic carbocycles. The Balaban J connectivity index is 0.000000409. The van der Waals surface area contributed by atoms with Crippen LogP contribution >= 0.6 is 0 Å². The lowest BCUT2D eigenvalue weighted by Gasteiger charge is -2.19. The third kappa shape index (κ3) is 30.0. The molecule has 8 nitrogen and oxygen atoms in total. The molecule has 8 N–H and O–H groups in total. The van der Waals surface area contributed by atoms with Crippen molar-refractivity contribution in [1.82, 2.24) is 0 Å². The largest absolute Gasteiger partial charge is 0.508 e. The summed E-state index contributed by atoms with van der Waals surface area (Å²) in [6, 6.07) is 64.7. The van der Waals surface area contributed by atoms with E-state index < -0.39 is 0 Å². The van der Waals surface area contributed by atoms with Crippen LogP contribution in [0.4, 0.5) is 0 Å². The highest BCUT2D eigenvalue weighted by Gasteiger charge is 2.17. The zero-order chi connectivity index (χ0) is 48.2. The maximum Gasteiger partial charge on any atom is 0.115 e. The fourth-order valence-electron chi connectivity index (χ4n) is 4.72. The normalized spacial score (nSPS) is 9.37. The summed E-state index contributed by atoms with van der Waals surface area (Å²) in [5, 5.41) is 71.6. The van der Waals surface area contributed by atoms with Gasteiger partial charge in [-0.2, -0.15) is 0 Å². The first-order chi connectivity index (χ1) is 31.1. The van der Waals surface area contributed by atoms with Crippen LogP contribution in [-0.4, -0.2) is 40.9 Å². The first kappa shape index (κ1) is 55.2. The second-order valence-electron chi connectivity index (χ2n) is 15.3. The number of para-hydroxylation sites is 5. The SMILES string of the molecule is CC(C)C.CC(C)C.Oc1ccc(C(c2ccc(O)cc2)c2ccc(O)cc2)cc1.Oc1ccccc1.Oc1ccccc1.Oc1ccccc1.Oc1ccccc1.Oc1ccccc1. The third-order valence-corrected chi connectivity index (χ3v) is 7.46. The minimum atomic E-state index is -0.0400. The molecule has 0 aliphatic rings. The number of phenols is 8. The number of hydrogen-bond acceptors (Lipinski definition) is 8. The number of rotatable bonds is 3. The fourth-order valence-corrected chi connectivity index (χ4v) is 4.72. The average molecular weight is 879 g/mol. The molecule has 65 heavy (non-hydrogen) atoms. The molecule has 0 radical (unpaired) electrons. The van der Waals surface area contributed by atoms with Crippen LogP contribution in [0, 0.1) is 11.8 Å². The van der Waals surface area contributed by atoms with Crippen LogP contribution in [0.25, 0.3) is 0 Å². The predicted octanol–water partition coefficient (Wildman–Crippen LogP) is 14.3. The van der Waals surface area contributed by atoms with Gasteiger partial charge in [0.15, 0.2) is 0 Å². The second kappa shape index (κ2) is 33.7. The van der Waals surface area contributed by atoms with E-state index in [0.717, 1.165) is 28.5 Å². The summed E-state index contributed by atoms with van der Waals surface area (Å²) in [6.07, 6.45) is 0. The van der Waals surface area contributed by atoms with Gasteiger partial charge in [-0.3, -0.25) is 0 Å². The number of benzene rings is 8. The second-order valence-corrected chi connectivity index (χ2v) is 15.3. The van der Waals surface area contributed by atoms with E-state index in [0.29, 0.717) is 28.7 Å². The Kier molecular flexibility index (Phi) is 28.6. The highest BCUT2D eigenvalue weighted by atomic mass is 16.3. The zero-order valence-electron chi connectivity index (χ0n) is 38.2. The van der Waals surface area contributed by atoms with Gasteiger partial charge < -0.3 is 40.9 Å². The van der Waals surface area contributed by atoms with E-state index in [1.54, 1.807) is 158 Å². The molecule has 0 saturated heterocycles. The van der Waals surface area contributed by atoms with E-state index in [9.17, 15) is 15.3 Å². The molecule has 0 atom stereocenters. The summed E-state index contributed by atoms with van der Waals surface area (Å²) < 4.78 is 0. The summed E-state index contributed by atoms with van der Waals surface area (Å²) in [4.78, 5) is 0. The molecule has 0 amide bonds. The lowest BCUT2D eigenvalue weighted by Crippen LogP contribution is -2.03. The van der Waals surface area contributed by atoms with Crippen LogP contribution in [0.15, 0.2) is 224 Å². The molecule has 0 aliphatic carbocycles. The highest BCUT2D eigenvalue weighted by molar-refractivity contribution is 5.46. The van der Waals surface area contributed by atoms with Crippen LogP contribution in [-0.2, 0) is 0 Å². The van der Waals surface area contributed by atoms with E-state index in [4.69, 9.17) is 25.5 Å². The maximum absolute atomic E-state index is 9.49. The molecule has 0 fully saturated rings. The molecule has 8 aromatic rings. The van der Waals surface area contributed by atoms with Crippen LogP contribution in [0.5, 0.6) is 46.0 Å². The average Bonchev–Trinajstić information content (AvgIpc) is 3.28. The van der Waals surface area contributed by atoms with Gasteiger partial charge in [-0.05, 0) is 126 Å². The van der Waals surface area contributed by atoms with Crippen LogP contribution in [0.2, 0.25) is 0 Å². The van der Waals surface area contributed by atoms with Gasteiger partial charge in [0.1, 0.15) is 46.0 Å². The summed E-state index contributed by atoms with van der Waals surface area (Å²) in [5.74, 6) is 3.90. The summed E-state index contributed by atoms with van der Waals surface area (Å²) in [6.45, 7) is 13.0. The number of hydrogen-bond donors (Lipinski definition) is 8. The third-order valence-electron chi connectivity index (χ3n) is 7.46. The molecule has 0 spiro atoms. The molecule has 0 saturated carbocycles. The predicted molar refractivity (Wildman–Crippen MR) is 267 cm³/mol. The van der Waals surface area contributed by atoms with Crippen molar-refractivity contribution >= 4 is 0 Å². The van der Waals surface area contributed by atoms with Crippen LogP contribution in [0.1, 0.15) is 64.2 Å². The van der Waals surface area contributed by atoms with Gasteiger partial charge in [0.25, 0.3) is 0 Å². The first-order valence-electron chi connectivity index (χ1n) is 21.1. The quantitative estimate of drug-likeness (QED) is 0.0814. The van der Waals surface area contributed by atoms with Gasteiger partial charge in [0.05, 0.1) is 0 Å². The molecule has 0 aromatic heterocycles. The lowest BCUT2D eigenvalue weighted by atomic mass is 9.85. The van der Waals surface area contributed by atoms with Crippen LogP contribution in [0.3, 0.4) is 0 Å². The van der Waals surface area contributed by atoms with Crippen molar-refractivity contribution in [3.8, 4) is 46.0 Å². The van der Waals surface area contributed by atoms with Crippen molar-refractivity contribution in [2.24, 2.45) is 11.8 Å². The molecule has 342 valence electrons. The molecule has 8 rings (SSSR count). The Morgan fingerprint density at radius 1 is 0.200 bits per heavy atom. The Morgan fingerprint density at radius 2 is 0.323 bits per heavy atom. The van der Waals surface area contributed by atoms with Crippen molar-refractivity contribution in [2.75, 3.05) is 0 Å². The Morgan fingerprint density at radius 3 is 0.431 bits per heavy atom. The molecular weight excluding hydrogens is 813 g/mol. The first-order valence-corrected chi connectivity index (χ1v) is 21.1. The Labute approximate surface area is 386 Å². The summed E-state index contributed by atoms with van der Waals surface area (Å²) in [7, 11) is 0. The van der Waals surface area contributed by atoms with Crippen molar-refractivity contribution < 1.29 is 40.9 Å². The van der Waals surface area contributed by atoms with E-state index in [1.807, 2.05) is 66.7 Å². The number of phenolic OH excluding ortho intramolecular Hbond substituents is 8. The van der Waals surface area contributed by atoms with Crippen molar-refractivity contribution in [1.29, 1.82) is 0 Å². The minimum absolute atomic E-state index is 0.0400. The van der Waals surface area contributed by atoms with Crippen molar-refractivity contribution in [3.63, 3.8) is 0 Å². The van der Waals surface area contributed by atoms with Crippen LogP contribution < -0.4 is 0 Å². The van der Waals surface area contributed by atoms with E-state index in [1.165, 1.54) is 0 Å². The topological polar surface area (TPSA) is 162 Å². The summed E-state index contributed by atoms with van der Waals surface area (Å²) >= 11 is 0. The van der Waals surface area contributed by atoms with Gasteiger partial charge in [0, 0.05) is 5.92 Å². The standard InChI is InChI=1S/C19H16O3.5C6H6O.2C4H10/c20-16-7-1-13(2-8-16)19(14-3-9-17(21)10-4-14)15-5-11-18(22)12-6-15;5*7-6-4-2-1-3-5-6;2*1-4(2)3/h1-12,19-22H;5*1-5,7H;2*4H,1-3H3. The fraction of sp³-hybridized carbons (Fsp3) is 0.158. The van der Waals surface area contributed by atoms with Gasteiger partial charge in [-0.15, -0.1) is 0 Å². The molecule has 0 unspecified atom stereocenters. The van der Waals surface area contributed by atoms with Gasteiger partial charge in [-0.25, -0.2) is 0 Å². The lowest BCUT2D eigenvalue weighted by molar-refractivity contribution is 0.474. The summed E-state index contributed by atoms with van der Waals surface area (Å²) in [5.41, 5.74) is 3.07. The monoisotopic (exact) mass is 878 g/mol. The molecule has 8 heteroatoms. The van der Waals surface area contributed by atoms with E-state index >= 15 is 0 Å². The zero-order valence-corrected chi connectivity index (χ0v) is 38.2. The van der Waals surface area contributed by atoms with E-state index in [-0.39, 0.29) is 23.2 Å². The van der Waals surface area contributed by atoms with Gasteiger partial charge in [-0.1, -0.05) is 169 Å². The molecule has 0 aliphatic heterocycles. The van der Waals surface area contributed by atoms with Gasteiger partial charge >= 0.3 is 0 Å². The smallest absolute Gasteiger partial charge is 0.115 e. The van der Waals surface area contributed by atoms with Crippen molar-refractivity contribution in [2.45, 2.75) is 47.5 Å². The molecular formula is C57H66O8. The van der Waals surface area contributed by atoms with Crippen molar-refractivity contribution in [3.05, 3.63) is 241 Å². The Hall–Kier alpha value is -7.84. The van der Waals surface area contributed by atoms with E-state index in [2.05, 4.69) is 41.5 Å².